The Morgan fingerprint density at radius 2 is 1.81 bits per heavy atom. The maximum absolute atomic E-state index is 13.5. The molecule has 0 saturated heterocycles. The molecule has 1 aromatic carbocycles. The zero-order valence-electron chi connectivity index (χ0n) is 7.65. The molecular weight excluding hydrogens is 246 g/mol. The summed E-state index contributed by atoms with van der Waals surface area (Å²) in [4.78, 5) is 3.56. The number of benzene rings is 1. The van der Waals surface area contributed by atoms with Gasteiger partial charge in [-0.15, -0.1) is 0 Å². The summed E-state index contributed by atoms with van der Waals surface area (Å²) in [6, 6.07) is 3.15. The minimum atomic E-state index is -4.73. The van der Waals surface area contributed by atoms with Crippen molar-refractivity contribution in [1.82, 2.24) is 4.98 Å². The van der Waals surface area contributed by atoms with Gasteiger partial charge in [-0.05, 0) is 12.1 Å². The fraction of sp³-hybridized carbons (Fsp3) is 0.100. The maximum atomic E-state index is 13.5. The van der Waals surface area contributed by atoms with Crippen molar-refractivity contribution in [3.63, 3.8) is 0 Å². The van der Waals surface area contributed by atoms with E-state index < -0.39 is 17.6 Å². The van der Waals surface area contributed by atoms with Gasteiger partial charge in [0.25, 0.3) is 0 Å². The Morgan fingerprint density at radius 1 is 1.12 bits per heavy atom. The number of hydrogen-bond acceptors (Lipinski definition) is 1. The molecule has 6 heteroatoms. The van der Waals surface area contributed by atoms with Crippen LogP contribution in [0.1, 0.15) is 5.56 Å². The largest absolute Gasteiger partial charge is 0.419 e. The molecule has 0 N–H and O–H groups in total. The van der Waals surface area contributed by atoms with Gasteiger partial charge in [-0.25, -0.2) is 4.39 Å². The van der Waals surface area contributed by atoms with Gasteiger partial charge in [-0.2, -0.15) is 13.2 Å². The number of rotatable bonds is 0. The van der Waals surface area contributed by atoms with Crippen molar-refractivity contribution in [2.24, 2.45) is 0 Å². The van der Waals surface area contributed by atoms with Crippen LogP contribution in [0.4, 0.5) is 17.6 Å². The summed E-state index contributed by atoms with van der Waals surface area (Å²) < 4.78 is 50.6. The Bertz CT molecular complexity index is 550. The van der Waals surface area contributed by atoms with E-state index in [0.717, 1.165) is 12.3 Å². The quantitative estimate of drug-likeness (QED) is 0.642. The summed E-state index contributed by atoms with van der Waals surface area (Å²) in [6.45, 7) is 0. The smallest absolute Gasteiger partial charge is 0.253 e. The number of alkyl halides is 3. The lowest BCUT2D eigenvalue weighted by atomic mass is 10.1. The molecule has 0 unspecified atom stereocenters. The van der Waals surface area contributed by atoms with Crippen LogP contribution < -0.4 is 0 Å². The molecule has 0 aliphatic rings. The predicted molar refractivity (Wildman–Crippen MR) is 51.7 cm³/mol. The van der Waals surface area contributed by atoms with E-state index in [1.54, 1.807) is 0 Å². The lowest BCUT2D eigenvalue weighted by Crippen LogP contribution is -2.08. The van der Waals surface area contributed by atoms with E-state index >= 15 is 0 Å². The second-order valence-electron chi connectivity index (χ2n) is 3.11. The predicted octanol–water partition coefficient (Wildman–Crippen LogP) is 4.05. The van der Waals surface area contributed by atoms with E-state index in [1.165, 1.54) is 6.07 Å². The number of nitrogens with zero attached hydrogens (tertiary/aromatic N) is 1. The van der Waals surface area contributed by atoms with Crippen LogP contribution in [0.3, 0.4) is 0 Å². The molecule has 16 heavy (non-hydrogen) atoms. The highest BCUT2D eigenvalue weighted by Gasteiger charge is 2.35. The van der Waals surface area contributed by atoms with Gasteiger partial charge in [0.2, 0.25) is 0 Å². The van der Waals surface area contributed by atoms with Crippen LogP contribution in [-0.2, 0) is 6.18 Å². The third-order valence-corrected chi connectivity index (χ3v) is 2.43. The Kier molecular flexibility index (Phi) is 2.50. The highest BCUT2D eigenvalue weighted by molar-refractivity contribution is 6.35. The molecule has 2 aromatic rings. The van der Waals surface area contributed by atoms with Crippen LogP contribution >= 0.6 is 11.6 Å². The molecule has 0 atom stereocenters. The van der Waals surface area contributed by atoms with Crippen molar-refractivity contribution in [3.05, 3.63) is 40.8 Å². The molecule has 84 valence electrons. The van der Waals surface area contributed by atoms with Crippen molar-refractivity contribution in [2.75, 3.05) is 0 Å². The van der Waals surface area contributed by atoms with E-state index in [4.69, 9.17) is 11.6 Å². The van der Waals surface area contributed by atoms with E-state index in [-0.39, 0.29) is 15.9 Å². The highest BCUT2D eigenvalue weighted by atomic mass is 35.5. The average molecular weight is 250 g/mol. The Morgan fingerprint density at radius 3 is 2.44 bits per heavy atom. The molecule has 1 heterocycles. The fourth-order valence-electron chi connectivity index (χ4n) is 1.37. The van der Waals surface area contributed by atoms with Gasteiger partial charge in [-0.1, -0.05) is 17.7 Å². The third-order valence-electron chi connectivity index (χ3n) is 2.10. The maximum Gasteiger partial charge on any atom is 0.419 e. The third kappa shape index (κ3) is 1.71. The zero-order valence-corrected chi connectivity index (χ0v) is 8.40. The molecule has 0 fully saturated rings. The molecule has 0 amide bonds. The van der Waals surface area contributed by atoms with Crippen molar-refractivity contribution in [3.8, 4) is 0 Å². The van der Waals surface area contributed by atoms with Crippen LogP contribution in [0.25, 0.3) is 10.9 Å². The standard InChI is InChI=1S/C10H4ClF4N/c11-7-3-4-16-9-5(7)1-2-6(8(9)12)10(13,14)15/h1-4H. The molecule has 0 bridgehead atoms. The number of aromatic nitrogens is 1. The first kappa shape index (κ1) is 11.1. The Labute approximate surface area is 92.7 Å². The van der Waals surface area contributed by atoms with Crippen LogP contribution in [0, 0.1) is 5.82 Å². The number of fused-ring (bicyclic) bond motifs is 1. The van der Waals surface area contributed by atoms with E-state index in [2.05, 4.69) is 4.98 Å². The van der Waals surface area contributed by atoms with E-state index in [9.17, 15) is 17.6 Å². The summed E-state index contributed by atoms with van der Waals surface area (Å²) >= 11 is 5.71. The Hall–Kier alpha value is -1.36. The first-order valence-electron chi connectivity index (χ1n) is 4.21. The first-order chi connectivity index (χ1) is 7.41. The summed E-state index contributed by atoms with van der Waals surface area (Å²) in [5.41, 5.74) is -1.71. The second kappa shape index (κ2) is 3.59. The van der Waals surface area contributed by atoms with Gasteiger partial charge in [0.15, 0.2) is 5.82 Å². The van der Waals surface area contributed by atoms with E-state index in [0.29, 0.717) is 6.07 Å². The molecule has 0 saturated carbocycles. The molecule has 0 radical (unpaired) electrons. The van der Waals surface area contributed by atoms with Gasteiger partial charge in [-0.3, -0.25) is 4.98 Å². The minimum absolute atomic E-state index is 0.162. The van der Waals surface area contributed by atoms with Crippen molar-refractivity contribution in [2.45, 2.75) is 6.18 Å². The second-order valence-corrected chi connectivity index (χ2v) is 3.52. The van der Waals surface area contributed by atoms with Crippen molar-refractivity contribution < 1.29 is 17.6 Å². The molecule has 0 aliphatic heterocycles. The van der Waals surface area contributed by atoms with Crippen LogP contribution in [0.2, 0.25) is 5.02 Å². The van der Waals surface area contributed by atoms with Gasteiger partial charge >= 0.3 is 6.18 Å². The summed E-state index contributed by atoms with van der Waals surface area (Å²) in [5, 5.41) is 0.326. The van der Waals surface area contributed by atoms with Gasteiger partial charge in [0.05, 0.1) is 10.6 Å². The number of halogens is 5. The van der Waals surface area contributed by atoms with Crippen molar-refractivity contribution in [1.29, 1.82) is 0 Å². The number of pyridine rings is 1. The topological polar surface area (TPSA) is 12.9 Å². The fourth-order valence-corrected chi connectivity index (χ4v) is 1.58. The lowest BCUT2D eigenvalue weighted by Gasteiger charge is -2.09. The lowest BCUT2D eigenvalue weighted by molar-refractivity contribution is -0.139. The SMILES string of the molecule is Fc1c(C(F)(F)F)ccc2c(Cl)ccnc12. The molecule has 2 rings (SSSR count). The summed E-state index contributed by atoms with van der Waals surface area (Å²) in [6.07, 6.45) is -3.57. The monoisotopic (exact) mass is 249 g/mol. The minimum Gasteiger partial charge on any atom is -0.253 e. The number of hydrogen-bond donors (Lipinski definition) is 0. The molecule has 0 aliphatic carbocycles. The van der Waals surface area contributed by atoms with Crippen LogP contribution in [0.15, 0.2) is 24.4 Å². The molecule has 1 nitrogen and oxygen atoms in total. The average Bonchev–Trinajstić information content (AvgIpc) is 2.18. The van der Waals surface area contributed by atoms with Gasteiger partial charge < -0.3 is 0 Å². The van der Waals surface area contributed by atoms with Gasteiger partial charge in [0, 0.05) is 11.6 Å². The first-order valence-corrected chi connectivity index (χ1v) is 4.59. The van der Waals surface area contributed by atoms with Crippen molar-refractivity contribution >= 4 is 22.5 Å². The zero-order chi connectivity index (χ0) is 11.9. The van der Waals surface area contributed by atoms with Crippen LogP contribution in [-0.4, -0.2) is 4.98 Å². The highest BCUT2D eigenvalue weighted by Crippen LogP contribution is 2.35. The van der Waals surface area contributed by atoms with E-state index in [1.807, 2.05) is 0 Å². The summed E-state index contributed by atoms with van der Waals surface area (Å²) in [5.74, 6) is -1.40. The normalized spacial score (nSPS) is 12.1. The molecule has 1 aromatic heterocycles. The summed E-state index contributed by atoms with van der Waals surface area (Å²) in [7, 11) is 0. The molecular formula is C10H4ClF4N. The molecule has 0 spiro atoms. The Balaban J connectivity index is 2.81. The van der Waals surface area contributed by atoms with Gasteiger partial charge in [0.1, 0.15) is 5.52 Å². The van der Waals surface area contributed by atoms with Crippen LogP contribution in [0.5, 0.6) is 0 Å².